The molecule has 0 aliphatic carbocycles. The molecule has 1 atom stereocenters. The second kappa shape index (κ2) is 7.81. The molecule has 1 saturated heterocycles. The zero-order valence-electron chi connectivity index (χ0n) is 14.6. The van der Waals surface area contributed by atoms with E-state index >= 15 is 0 Å². The summed E-state index contributed by atoms with van der Waals surface area (Å²) in [6.45, 7) is 0.0375. The fourth-order valence-electron chi connectivity index (χ4n) is 2.97. The molecule has 0 bridgehead atoms. The molecule has 2 aromatic rings. The van der Waals surface area contributed by atoms with Crippen LogP contribution in [-0.4, -0.2) is 39.5 Å². The smallest absolute Gasteiger partial charge is 0.254 e. The second-order valence-electron chi connectivity index (χ2n) is 6.49. The summed E-state index contributed by atoms with van der Waals surface area (Å²) in [4.78, 5) is 12.1. The van der Waals surface area contributed by atoms with Crippen molar-refractivity contribution in [2.45, 2.75) is 23.1 Å². The monoisotopic (exact) mass is 445 g/mol. The minimum absolute atomic E-state index is 0.0178. The lowest BCUT2D eigenvalue weighted by Crippen LogP contribution is -2.26. The Morgan fingerprint density at radius 1 is 1.21 bits per heavy atom. The molecule has 2 aromatic carbocycles. The maximum Gasteiger partial charge on any atom is 0.254 e. The molecule has 0 saturated carbocycles. The van der Waals surface area contributed by atoms with Crippen LogP contribution in [0.1, 0.15) is 22.3 Å². The molecule has 0 spiro atoms. The van der Waals surface area contributed by atoms with Crippen LogP contribution in [0, 0.1) is 5.82 Å². The van der Waals surface area contributed by atoms with Crippen molar-refractivity contribution in [1.29, 1.82) is 0 Å². The summed E-state index contributed by atoms with van der Waals surface area (Å²) in [5.74, 6) is -2.35. The third-order valence-electron chi connectivity index (χ3n) is 4.54. The number of amides is 1. The van der Waals surface area contributed by atoms with E-state index in [0.717, 1.165) is 18.2 Å². The number of sulfone groups is 2. The average molecular weight is 446 g/mol. The summed E-state index contributed by atoms with van der Waals surface area (Å²) < 4.78 is 62.7. The van der Waals surface area contributed by atoms with Gasteiger partial charge in [0.15, 0.2) is 19.7 Å². The van der Waals surface area contributed by atoms with Gasteiger partial charge in [0, 0.05) is 11.6 Å². The molecule has 6 nitrogen and oxygen atoms in total. The standard InChI is InChI=1S/C18H17ClFNO5S2/c19-16-4-2-1-3-12(16)10-21-18(22)15-9-13(5-6-17(15)20)28(25,26)14-7-8-27(23,24)11-14/h1-6,9,14H,7-8,10-11H2,(H,21,22). The van der Waals surface area contributed by atoms with E-state index in [0.29, 0.717) is 10.6 Å². The molecule has 150 valence electrons. The minimum atomic E-state index is -4.00. The van der Waals surface area contributed by atoms with Crippen LogP contribution in [0.3, 0.4) is 0 Å². The van der Waals surface area contributed by atoms with Crippen LogP contribution >= 0.6 is 11.6 Å². The fourth-order valence-corrected chi connectivity index (χ4v) is 7.55. The summed E-state index contributed by atoms with van der Waals surface area (Å²) in [6.07, 6.45) is -0.0178. The number of halogens is 2. The lowest BCUT2D eigenvalue weighted by molar-refractivity contribution is 0.0946. The van der Waals surface area contributed by atoms with Crippen molar-refractivity contribution in [3.63, 3.8) is 0 Å². The van der Waals surface area contributed by atoms with Gasteiger partial charge in [0.2, 0.25) is 0 Å². The van der Waals surface area contributed by atoms with Gasteiger partial charge in [-0.05, 0) is 36.2 Å². The first-order valence-electron chi connectivity index (χ1n) is 8.35. The number of carbonyl (C=O) groups is 1. The number of nitrogens with one attached hydrogen (secondary N) is 1. The predicted molar refractivity (Wildman–Crippen MR) is 103 cm³/mol. The first-order valence-corrected chi connectivity index (χ1v) is 12.1. The van der Waals surface area contributed by atoms with Crippen molar-refractivity contribution in [3.05, 3.63) is 64.4 Å². The van der Waals surface area contributed by atoms with E-state index < -0.39 is 48.0 Å². The first kappa shape index (κ1) is 20.8. The molecule has 1 N–H and O–H groups in total. The number of rotatable bonds is 5. The van der Waals surface area contributed by atoms with Crippen molar-refractivity contribution in [3.8, 4) is 0 Å². The fraction of sp³-hybridized carbons (Fsp3) is 0.278. The Bertz CT molecular complexity index is 1130. The van der Waals surface area contributed by atoms with Crippen molar-refractivity contribution < 1.29 is 26.0 Å². The van der Waals surface area contributed by atoms with Gasteiger partial charge in [-0.15, -0.1) is 0 Å². The number of hydrogen-bond acceptors (Lipinski definition) is 5. The lowest BCUT2D eigenvalue weighted by atomic mass is 10.2. The molecule has 1 aliphatic rings. The normalized spacial score (nSPS) is 18.7. The molecule has 10 heteroatoms. The van der Waals surface area contributed by atoms with Gasteiger partial charge in [-0.2, -0.15) is 0 Å². The van der Waals surface area contributed by atoms with Gasteiger partial charge in [-0.1, -0.05) is 29.8 Å². The highest BCUT2D eigenvalue weighted by Gasteiger charge is 2.38. The van der Waals surface area contributed by atoms with Gasteiger partial charge in [0.25, 0.3) is 5.91 Å². The Hall–Kier alpha value is -1.97. The summed E-state index contributed by atoms with van der Waals surface area (Å²) in [5, 5.41) is 1.84. The zero-order chi connectivity index (χ0) is 20.5. The third kappa shape index (κ3) is 4.37. The minimum Gasteiger partial charge on any atom is -0.348 e. The second-order valence-corrected chi connectivity index (χ2v) is 11.3. The van der Waals surface area contributed by atoms with E-state index in [1.807, 2.05) is 0 Å². The topological polar surface area (TPSA) is 97.4 Å². The highest BCUT2D eigenvalue weighted by molar-refractivity contribution is 7.96. The Balaban J connectivity index is 1.83. The molecule has 0 aromatic heterocycles. The van der Waals surface area contributed by atoms with Crippen LogP contribution in [0.5, 0.6) is 0 Å². The van der Waals surface area contributed by atoms with Crippen LogP contribution in [0.4, 0.5) is 4.39 Å². The summed E-state index contributed by atoms with van der Waals surface area (Å²) in [7, 11) is -7.41. The van der Waals surface area contributed by atoms with Gasteiger partial charge in [-0.3, -0.25) is 4.79 Å². The van der Waals surface area contributed by atoms with Gasteiger partial charge in [0.05, 0.1) is 27.2 Å². The summed E-state index contributed by atoms with van der Waals surface area (Å²) >= 11 is 6.01. The van der Waals surface area contributed by atoms with Crippen molar-refractivity contribution in [2.24, 2.45) is 0 Å². The summed E-state index contributed by atoms with van der Waals surface area (Å²) in [5.41, 5.74) is 0.187. The van der Waals surface area contributed by atoms with E-state index in [1.54, 1.807) is 24.3 Å². The van der Waals surface area contributed by atoms with Crippen molar-refractivity contribution in [1.82, 2.24) is 5.32 Å². The van der Waals surface area contributed by atoms with E-state index in [9.17, 15) is 26.0 Å². The van der Waals surface area contributed by atoms with E-state index in [-0.39, 0.29) is 23.6 Å². The molecule has 1 fully saturated rings. The van der Waals surface area contributed by atoms with Gasteiger partial charge < -0.3 is 5.32 Å². The Morgan fingerprint density at radius 3 is 2.57 bits per heavy atom. The van der Waals surface area contributed by atoms with Gasteiger partial charge in [-0.25, -0.2) is 21.2 Å². The molecular weight excluding hydrogens is 429 g/mol. The number of carbonyl (C=O) groups excluding carboxylic acids is 1. The van der Waals surface area contributed by atoms with Crippen molar-refractivity contribution >= 4 is 37.2 Å². The number of benzene rings is 2. The molecule has 1 heterocycles. The van der Waals surface area contributed by atoms with Crippen LogP contribution in [0.2, 0.25) is 5.02 Å². The van der Waals surface area contributed by atoms with Crippen LogP contribution < -0.4 is 5.32 Å². The Morgan fingerprint density at radius 2 is 1.93 bits per heavy atom. The SMILES string of the molecule is O=C(NCc1ccccc1Cl)c1cc(S(=O)(=O)C2CCS(=O)(=O)C2)ccc1F. The third-order valence-corrected chi connectivity index (χ3v) is 9.08. The molecule has 28 heavy (non-hydrogen) atoms. The molecule has 1 unspecified atom stereocenters. The van der Waals surface area contributed by atoms with Crippen LogP contribution in [-0.2, 0) is 26.2 Å². The maximum absolute atomic E-state index is 14.1. The Kier molecular flexibility index (Phi) is 5.79. The van der Waals surface area contributed by atoms with Gasteiger partial charge >= 0.3 is 0 Å². The Labute approximate surface area is 167 Å². The predicted octanol–water partition coefficient (Wildman–Crippen LogP) is 2.37. The zero-order valence-corrected chi connectivity index (χ0v) is 16.9. The molecule has 1 amide bonds. The summed E-state index contributed by atoms with van der Waals surface area (Å²) in [6, 6.07) is 9.67. The average Bonchev–Trinajstić information content (AvgIpc) is 3.01. The van der Waals surface area contributed by atoms with E-state index in [2.05, 4.69) is 5.32 Å². The van der Waals surface area contributed by atoms with Crippen LogP contribution in [0.25, 0.3) is 0 Å². The molecular formula is C18H17ClFNO5S2. The van der Waals surface area contributed by atoms with Gasteiger partial charge in [0.1, 0.15) is 5.82 Å². The molecule has 1 aliphatic heterocycles. The van der Waals surface area contributed by atoms with E-state index in [4.69, 9.17) is 11.6 Å². The highest BCUT2D eigenvalue weighted by Crippen LogP contribution is 2.26. The lowest BCUT2D eigenvalue weighted by Gasteiger charge is -2.12. The first-order chi connectivity index (χ1) is 13.1. The molecule has 0 radical (unpaired) electrons. The van der Waals surface area contributed by atoms with E-state index in [1.165, 1.54) is 0 Å². The van der Waals surface area contributed by atoms with Crippen molar-refractivity contribution in [2.75, 3.05) is 11.5 Å². The maximum atomic E-state index is 14.1. The molecule has 3 rings (SSSR count). The largest absolute Gasteiger partial charge is 0.348 e. The number of hydrogen-bond donors (Lipinski definition) is 1. The van der Waals surface area contributed by atoms with Crippen LogP contribution in [0.15, 0.2) is 47.4 Å². The quantitative estimate of drug-likeness (QED) is 0.712. The highest BCUT2D eigenvalue weighted by atomic mass is 35.5.